The Morgan fingerprint density at radius 3 is 1.55 bits per heavy atom. The van der Waals surface area contributed by atoms with Crippen LogP contribution in [0.5, 0.6) is 0 Å². The molecule has 0 unspecified atom stereocenters. The van der Waals surface area contributed by atoms with Crippen LogP contribution in [0.4, 0.5) is 0 Å². The maximum atomic E-state index is 11.9. The van der Waals surface area contributed by atoms with E-state index in [2.05, 4.69) is 20.4 Å². The van der Waals surface area contributed by atoms with E-state index >= 15 is 0 Å². The molecule has 0 aromatic rings. The lowest BCUT2D eigenvalue weighted by Crippen LogP contribution is -2.27. The Labute approximate surface area is 183 Å². The van der Waals surface area contributed by atoms with Crippen LogP contribution < -0.4 is 0 Å². The average Bonchev–Trinajstić information content (AvgIpc) is 2.74. The first-order chi connectivity index (χ1) is 14.7. The lowest BCUT2D eigenvalue weighted by Gasteiger charge is -2.25. The van der Waals surface area contributed by atoms with Crippen LogP contribution >= 0.6 is 0 Å². The molecule has 2 saturated carbocycles. The third-order valence-electron chi connectivity index (χ3n) is 5.84. The molecule has 0 amide bonds. The third kappa shape index (κ3) is 9.53. The maximum absolute atomic E-state index is 11.9. The van der Waals surface area contributed by atoms with Gasteiger partial charge in [-0.1, -0.05) is 20.4 Å². The molecule has 2 aliphatic rings. The van der Waals surface area contributed by atoms with E-state index in [1.807, 2.05) is 0 Å². The molecule has 0 atom stereocenters. The zero-order valence-electron chi connectivity index (χ0n) is 18.6. The summed E-state index contributed by atoms with van der Waals surface area (Å²) >= 11 is 0. The predicted molar refractivity (Wildman–Crippen MR) is 111 cm³/mol. The Morgan fingerprint density at radius 1 is 0.677 bits per heavy atom. The van der Waals surface area contributed by atoms with Crippen molar-refractivity contribution in [3.05, 3.63) is 12.2 Å². The highest BCUT2D eigenvalue weighted by atomic mass is 16.6. The van der Waals surface area contributed by atoms with E-state index in [1.54, 1.807) is 0 Å². The van der Waals surface area contributed by atoms with Crippen molar-refractivity contribution in [2.24, 2.45) is 11.8 Å². The van der Waals surface area contributed by atoms with Gasteiger partial charge in [-0.25, -0.2) is 14.4 Å². The van der Waals surface area contributed by atoms with Crippen LogP contribution in [-0.2, 0) is 38.1 Å². The van der Waals surface area contributed by atoms with E-state index < -0.39 is 43.5 Å². The lowest BCUT2D eigenvalue weighted by atomic mass is 9.89. The normalized spacial score (nSPS) is 25.7. The fraction of sp³-hybridized carbons (Fsp3) is 0.739. The van der Waals surface area contributed by atoms with Gasteiger partial charge in [0.15, 0.2) is 13.2 Å². The van der Waals surface area contributed by atoms with E-state index in [0.29, 0.717) is 11.8 Å². The number of hydrogen-bond acceptors (Lipinski definition) is 8. The topological polar surface area (TPSA) is 105 Å². The van der Waals surface area contributed by atoms with E-state index in [-0.39, 0.29) is 17.8 Å². The summed E-state index contributed by atoms with van der Waals surface area (Å²) in [5, 5.41) is 0. The second-order valence-electron chi connectivity index (χ2n) is 8.76. The van der Waals surface area contributed by atoms with Crippen molar-refractivity contribution < 1.29 is 38.1 Å². The largest absolute Gasteiger partial charge is 0.460 e. The van der Waals surface area contributed by atoms with Gasteiger partial charge in [0.1, 0.15) is 12.2 Å². The van der Waals surface area contributed by atoms with Crippen LogP contribution in [-0.4, -0.2) is 49.3 Å². The zero-order valence-corrected chi connectivity index (χ0v) is 18.6. The summed E-state index contributed by atoms with van der Waals surface area (Å²) in [5.74, 6) is -1.64. The summed E-state index contributed by atoms with van der Waals surface area (Å²) in [6.45, 7) is 6.76. The molecule has 31 heavy (non-hydrogen) atoms. The minimum Gasteiger partial charge on any atom is -0.460 e. The van der Waals surface area contributed by atoms with Gasteiger partial charge in [-0.2, -0.15) is 0 Å². The molecular formula is C23H34O8. The Bertz CT molecular complexity index is 654. The van der Waals surface area contributed by atoms with Crippen molar-refractivity contribution >= 4 is 23.9 Å². The summed E-state index contributed by atoms with van der Waals surface area (Å²) in [5.41, 5.74) is -0.168. The number of ether oxygens (including phenoxy) is 4. The lowest BCUT2D eigenvalue weighted by molar-refractivity contribution is -0.164. The smallest absolute Gasteiger partial charge is 0.344 e. The van der Waals surface area contributed by atoms with Gasteiger partial charge in [0.25, 0.3) is 0 Å². The highest BCUT2D eigenvalue weighted by molar-refractivity contribution is 5.94. The molecule has 174 valence electrons. The Hall–Kier alpha value is -2.38. The van der Waals surface area contributed by atoms with Crippen LogP contribution in [0.25, 0.3) is 0 Å². The number of carbonyl (C=O) groups is 4. The molecule has 0 spiro atoms. The molecule has 2 rings (SSSR count). The van der Waals surface area contributed by atoms with Gasteiger partial charge in [0.05, 0.1) is 6.42 Å². The SMILES string of the molecule is C=C(CC(=O)OCC(=O)OC1CCC(C)CC1)C(=O)OCC(=O)OC1CCC(C)CC1. The third-order valence-corrected chi connectivity index (χ3v) is 5.84. The van der Waals surface area contributed by atoms with Gasteiger partial charge in [-0.05, 0) is 63.2 Å². The molecule has 2 fully saturated rings. The van der Waals surface area contributed by atoms with Crippen LogP contribution in [0, 0.1) is 11.8 Å². The molecule has 0 heterocycles. The van der Waals surface area contributed by atoms with Crippen molar-refractivity contribution in [1.29, 1.82) is 0 Å². The Balaban J connectivity index is 1.58. The summed E-state index contributed by atoms with van der Waals surface area (Å²) in [6.07, 6.45) is 6.54. The molecule has 8 nitrogen and oxygen atoms in total. The standard InChI is InChI=1S/C23H34O8/c1-15-4-8-18(9-5-15)30-21(25)13-28-20(24)12-17(3)23(27)29-14-22(26)31-19-10-6-16(2)7-11-19/h15-16,18-19H,3-14H2,1-2H3. The minimum atomic E-state index is -0.884. The highest BCUT2D eigenvalue weighted by Gasteiger charge is 2.24. The molecule has 2 aliphatic carbocycles. The van der Waals surface area contributed by atoms with Crippen molar-refractivity contribution in [2.45, 2.75) is 83.8 Å². The summed E-state index contributed by atoms with van der Waals surface area (Å²) in [7, 11) is 0. The summed E-state index contributed by atoms with van der Waals surface area (Å²) in [6, 6.07) is 0. The van der Waals surface area contributed by atoms with Crippen LogP contribution in [0.15, 0.2) is 12.2 Å². The second kappa shape index (κ2) is 12.5. The number of carbonyl (C=O) groups excluding carboxylic acids is 4. The summed E-state index contributed by atoms with van der Waals surface area (Å²) < 4.78 is 20.3. The number of rotatable bonds is 9. The van der Waals surface area contributed by atoms with Gasteiger partial charge in [0.2, 0.25) is 0 Å². The van der Waals surface area contributed by atoms with Crippen molar-refractivity contribution in [3.63, 3.8) is 0 Å². The molecule has 0 bridgehead atoms. The molecule has 0 aromatic heterocycles. The first-order valence-corrected chi connectivity index (χ1v) is 11.1. The molecule has 0 saturated heterocycles. The highest BCUT2D eigenvalue weighted by Crippen LogP contribution is 2.26. The zero-order chi connectivity index (χ0) is 22.8. The monoisotopic (exact) mass is 438 g/mol. The van der Waals surface area contributed by atoms with Crippen LogP contribution in [0.2, 0.25) is 0 Å². The molecular weight excluding hydrogens is 404 g/mol. The molecule has 0 aliphatic heterocycles. The van der Waals surface area contributed by atoms with Crippen molar-refractivity contribution in [3.8, 4) is 0 Å². The number of hydrogen-bond donors (Lipinski definition) is 0. The minimum absolute atomic E-state index is 0.135. The van der Waals surface area contributed by atoms with Gasteiger partial charge in [0, 0.05) is 5.57 Å². The van der Waals surface area contributed by atoms with E-state index in [0.717, 1.165) is 51.4 Å². The Morgan fingerprint density at radius 2 is 1.10 bits per heavy atom. The van der Waals surface area contributed by atoms with Gasteiger partial charge >= 0.3 is 23.9 Å². The first-order valence-electron chi connectivity index (χ1n) is 11.1. The fourth-order valence-electron chi connectivity index (χ4n) is 3.80. The number of esters is 4. The predicted octanol–water partition coefficient (Wildman–Crippen LogP) is 3.26. The molecule has 0 radical (unpaired) electrons. The van der Waals surface area contributed by atoms with Crippen LogP contribution in [0.3, 0.4) is 0 Å². The van der Waals surface area contributed by atoms with Gasteiger partial charge in [-0.3, -0.25) is 4.79 Å². The summed E-state index contributed by atoms with van der Waals surface area (Å²) in [4.78, 5) is 47.4. The van der Waals surface area contributed by atoms with E-state index in [1.165, 1.54) is 0 Å². The molecule has 8 heteroatoms. The average molecular weight is 439 g/mol. The second-order valence-corrected chi connectivity index (χ2v) is 8.76. The molecule has 0 N–H and O–H groups in total. The maximum Gasteiger partial charge on any atom is 0.344 e. The molecule has 0 aromatic carbocycles. The van der Waals surface area contributed by atoms with Gasteiger partial charge < -0.3 is 18.9 Å². The van der Waals surface area contributed by atoms with E-state index in [4.69, 9.17) is 18.9 Å². The Kier molecular flexibility index (Phi) is 10.0. The quantitative estimate of drug-likeness (QED) is 0.307. The fourth-order valence-corrected chi connectivity index (χ4v) is 3.80. The van der Waals surface area contributed by atoms with Gasteiger partial charge in [-0.15, -0.1) is 0 Å². The first kappa shape index (κ1) is 24.9. The van der Waals surface area contributed by atoms with Crippen molar-refractivity contribution in [2.75, 3.05) is 13.2 Å². The van der Waals surface area contributed by atoms with Crippen molar-refractivity contribution in [1.82, 2.24) is 0 Å². The van der Waals surface area contributed by atoms with E-state index in [9.17, 15) is 19.2 Å². The van der Waals surface area contributed by atoms with Crippen LogP contribution in [0.1, 0.15) is 71.6 Å².